The Labute approximate surface area is 148 Å². The number of benzene rings is 1. The van der Waals surface area contributed by atoms with Crippen LogP contribution in [-0.2, 0) is 17.8 Å². The molecule has 1 aromatic carbocycles. The van der Waals surface area contributed by atoms with Gasteiger partial charge in [-0.3, -0.25) is 14.4 Å². The molecule has 1 fully saturated rings. The number of hydrogen-bond donors (Lipinski definition) is 0. The van der Waals surface area contributed by atoms with Gasteiger partial charge >= 0.3 is 0 Å². The fraction of sp³-hybridized carbons (Fsp3) is 0.526. The minimum atomic E-state index is 0.211. The van der Waals surface area contributed by atoms with Crippen molar-refractivity contribution in [1.29, 1.82) is 0 Å². The normalized spacial score (nSPS) is 23.6. The zero-order chi connectivity index (χ0) is 17.2. The first-order valence-corrected chi connectivity index (χ1v) is 9.19. The largest absolute Gasteiger partial charge is 0.308 e. The van der Waals surface area contributed by atoms with Gasteiger partial charge < -0.3 is 4.90 Å². The van der Waals surface area contributed by atoms with Gasteiger partial charge in [0.05, 0.1) is 13.1 Å². The fourth-order valence-electron chi connectivity index (χ4n) is 4.21. The Morgan fingerprint density at radius 2 is 2.16 bits per heavy atom. The maximum atomic E-state index is 13.1. The third-order valence-corrected chi connectivity index (χ3v) is 5.43. The summed E-state index contributed by atoms with van der Waals surface area (Å²) in [5.41, 5.74) is 2.37. The number of carbonyl (C=O) groups excluding carboxylic acids is 1. The van der Waals surface area contributed by atoms with Crippen molar-refractivity contribution in [3.8, 4) is 0 Å². The van der Waals surface area contributed by atoms with E-state index in [4.69, 9.17) is 0 Å². The van der Waals surface area contributed by atoms with Gasteiger partial charge in [-0.25, -0.2) is 4.98 Å². The van der Waals surface area contributed by atoms with Crippen molar-refractivity contribution < 1.29 is 4.79 Å². The zero-order valence-corrected chi connectivity index (χ0v) is 14.7. The van der Waals surface area contributed by atoms with Gasteiger partial charge in [0.2, 0.25) is 5.91 Å². The number of hydrogen-bond acceptors (Lipinski definition) is 4. The van der Waals surface area contributed by atoms with Crippen LogP contribution in [0.25, 0.3) is 0 Å². The van der Waals surface area contributed by atoms with Crippen LogP contribution in [0.15, 0.2) is 36.9 Å². The number of fused-ring (bicyclic) bond motifs is 1. The van der Waals surface area contributed by atoms with Crippen LogP contribution >= 0.6 is 0 Å². The molecule has 6 nitrogen and oxygen atoms in total. The number of para-hydroxylation sites is 1. The van der Waals surface area contributed by atoms with Gasteiger partial charge in [0, 0.05) is 17.8 Å². The summed E-state index contributed by atoms with van der Waals surface area (Å²) in [7, 11) is 0. The van der Waals surface area contributed by atoms with Gasteiger partial charge in [-0.05, 0) is 44.4 Å². The van der Waals surface area contributed by atoms with Gasteiger partial charge in [-0.15, -0.1) is 0 Å². The standard InChI is InChI=1S/C19H25N5O/c1-15-10-16-6-2-3-8-18(16)24(15)19(25)12-22-9-5-4-7-17(22)11-23-14-20-13-21-23/h2-3,6,8,13-15,17H,4-5,7,9-12H2,1H3/t15-,17-/m0/s1. The molecule has 2 atom stereocenters. The van der Waals surface area contributed by atoms with E-state index < -0.39 is 0 Å². The zero-order valence-electron chi connectivity index (χ0n) is 14.7. The van der Waals surface area contributed by atoms with Crippen LogP contribution in [0.4, 0.5) is 5.69 Å². The highest BCUT2D eigenvalue weighted by Crippen LogP contribution is 2.32. The van der Waals surface area contributed by atoms with Crippen molar-refractivity contribution >= 4 is 11.6 Å². The first-order chi connectivity index (χ1) is 12.2. The summed E-state index contributed by atoms with van der Waals surface area (Å²) < 4.78 is 1.88. The summed E-state index contributed by atoms with van der Waals surface area (Å²) in [6.07, 6.45) is 7.76. The van der Waals surface area contributed by atoms with E-state index in [1.54, 1.807) is 12.7 Å². The fourth-order valence-corrected chi connectivity index (χ4v) is 4.21. The molecular formula is C19H25N5O. The molecule has 4 rings (SSSR count). The number of aromatic nitrogens is 3. The van der Waals surface area contributed by atoms with Crippen LogP contribution in [0.2, 0.25) is 0 Å². The maximum absolute atomic E-state index is 13.1. The summed E-state index contributed by atoms with van der Waals surface area (Å²) in [5.74, 6) is 0.211. The van der Waals surface area contributed by atoms with Gasteiger partial charge in [0.1, 0.15) is 12.7 Å². The molecule has 0 N–H and O–H groups in total. The number of nitrogens with zero attached hydrogens (tertiary/aromatic N) is 5. The predicted octanol–water partition coefficient (Wildman–Crippen LogP) is 2.11. The van der Waals surface area contributed by atoms with Crippen LogP contribution in [0.5, 0.6) is 0 Å². The predicted molar refractivity (Wildman–Crippen MR) is 96.3 cm³/mol. The van der Waals surface area contributed by atoms with Crippen molar-refractivity contribution in [2.45, 2.75) is 51.2 Å². The molecule has 0 radical (unpaired) electrons. The minimum absolute atomic E-state index is 0.211. The van der Waals surface area contributed by atoms with Crippen LogP contribution in [-0.4, -0.2) is 50.7 Å². The SMILES string of the molecule is C[C@H]1Cc2ccccc2N1C(=O)CN1CCCC[C@H]1Cn1cncn1. The lowest BCUT2D eigenvalue weighted by molar-refractivity contribution is -0.121. The van der Waals surface area contributed by atoms with Gasteiger partial charge in [-0.1, -0.05) is 24.6 Å². The van der Waals surface area contributed by atoms with E-state index in [-0.39, 0.29) is 11.9 Å². The Kier molecular flexibility index (Phi) is 4.53. The summed E-state index contributed by atoms with van der Waals surface area (Å²) in [6, 6.07) is 8.87. The molecule has 6 heteroatoms. The monoisotopic (exact) mass is 339 g/mol. The van der Waals surface area contributed by atoms with Gasteiger partial charge in [0.25, 0.3) is 0 Å². The molecule has 25 heavy (non-hydrogen) atoms. The van der Waals surface area contributed by atoms with Crippen molar-refractivity contribution in [1.82, 2.24) is 19.7 Å². The minimum Gasteiger partial charge on any atom is -0.308 e. The highest BCUT2D eigenvalue weighted by atomic mass is 16.2. The molecule has 0 saturated carbocycles. The first kappa shape index (κ1) is 16.3. The van der Waals surface area contributed by atoms with E-state index in [0.717, 1.165) is 38.0 Å². The van der Waals surface area contributed by atoms with Crippen molar-refractivity contribution in [2.24, 2.45) is 0 Å². The van der Waals surface area contributed by atoms with Crippen molar-refractivity contribution in [3.05, 3.63) is 42.5 Å². The smallest absolute Gasteiger partial charge is 0.241 e. The number of likely N-dealkylation sites (tertiary alicyclic amines) is 1. The summed E-state index contributed by atoms with van der Waals surface area (Å²) >= 11 is 0. The number of anilines is 1. The van der Waals surface area contributed by atoms with Crippen molar-refractivity contribution in [2.75, 3.05) is 18.0 Å². The van der Waals surface area contributed by atoms with E-state index in [9.17, 15) is 4.79 Å². The molecule has 132 valence electrons. The van der Waals surface area contributed by atoms with E-state index >= 15 is 0 Å². The molecule has 1 aromatic heterocycles. The number of amides is 1. The van der Waals surface area contributed by atoms with Crippen LogP contribution in [0.1, 0.15) is 31.7 Å². The third kappa shape index (κ3) is 3.31. The lowest BCUT2D eigenvalue weighted by Crippen LogP contribution is -2.49. The van der Waals surface area contributed by atoms with E-state index in [1.165, 1.54) is 12.0 Å². The van der Waals surface area contributed by atoms with Gasteiger partial charge in [0.15, 0.2) is 0 Å². The van der Waals surface area contributed by atoms with Gasteiger partial charge in [-0.2, -0.15) is 5.10 Å². The second-order valence-corrected chi connectivity index (χ2v) is 7.18. The number of carbonyl (C=O) groups is 1. The topological polar surface area (TPSA) is 54.3 Å². The Morgan fingerprint density at radius 1 is 1.28 bits per heavy atom. The van der Waals surface area contributed by atoms with Crippen molar-refractivity contribution in [3.63, 3.8) is 0 Å². The molecule has 1 amide bonds. The van der Waals surface area contributed by atoms with E-state index in [0.29, 0.717) is 12.6 Å². The second-order valence-electron chi connectivity index (χ2n) is 7.18. The van der Waals surface area contributed by atoms with Crippen LogP contribution in [0.3, 0.4) is 0 Å². The molecule has 0 bridgehead atoms. The Balaban J connectivity index is 1.47. The molecular weight excluding hydrogens is 314 g/mol. The first-order valence-electron chi connectivity index (χ1n) is 9.19. The van der Waals surface area contributed by atoms with E-state index in [2.05, 4.69) is 40.1 Å². The lowest BCUT2D eigenvalue weighted by atomic mass is 10.0. The Morgan fingerprint density at radius 3 is 3.00 bits per heavy atom. The second kappa shape index (κ2) is 6.96. The van der Waals surface area contributed by atoms with Crippen LogP contribution < -0.4 is 4.90 Å². The molecule has 0 unspecified atom stereocenters. The highest BCUT2D eigenvalue weighted by Gasteiger charge is 2.33. The number of piperidine rings is 1. The molecule has 3 heterocycles. The Bertz CT molecular complexity index is 729. The lowest BCUT2D eigenvalue weighted by Gasteiger charge is -2.36. The average molecular weight is 339 g/mol. The van der Waals surface area contributed by atoms with Crippen LogP contribution in [0, 0.1) is 0 Å². The summed E-state index contributed by atoms with van der Waals surface area (Å²) in [4.78, 5) is 21.4. The summed E-state index contributed by atoms with van der Waals surface area (Å²) in [6.45, 7) is 4.41. The number of rotatable bonds is 4. The van der Waals surface area contributed by atoms with E-state index in [1.807, 2.05) is 15.6 Å². The Hall–Kier alpha value is -2.21. The third-order valence-electron chi connectivity index (χ3n) is 5.43. The highest BCUT2D eigenvalue weighted by molar-refractivity contribution is 5.97. The molecule has 2 aromatic rings. The average Bonchev–Trinajstić information content (AvgIpc) is 3.23. The summed E-state index contributed by atoms with van der Waals surface area (Å²) in [5, 5.41) is 4.23. The molecule has 0 spiro atoms. The quantitative estimate of drug-likeness (QED) is 0.856. The molecule has 2 aliphatic rings. The maximum Gasteiger partial charge on any atom is 0.241 e. The molecule has 1 saturated heterocycles. The molecule has 0 aliphatic carbocycles. The molecule has 2 aliphatic heterocycles.